The van der Waals surface area contributed by atoms with E-state index in [0.29, 0.717) is 5.56 Å². The number of fused-ring (bicyclic) bond motifs is 1. The van der Waals surface area contributed by atoms with Crippen LogP contribution in [-0.2, 0) is 21.2 Å². The summed E-state index contributed by atoms with van der Waals surface area (Å²) in [6, 6.07) is 8.23. The number of benzene rings is 1. The molecule has 0 radical (unpaired) electrons. The first-order valence-corrected chi connectivity index (χ1v) is 8.85. The van der Waals surface area contributed by atoms with Crippen LogP contribution in [0.1, 0.15) is 5.56 Å². The number of sulfonamides is 1. The maximum atomic E-state index is 12.7. The molecule has 21 heavy (non-hydrogen) atoms. The third-order valence-electron chi connectivity index (χ3n) is 3.23. The number of pyridine rings is 1. The van der Waals surface area contributed by atoms with E-state index in [-0.39, 0.29) is 17.0 Å². The van der Waals surface area contributed by atoms with Gasteiger partial charge in [0.25, 0.3) is 10.0 Å². The molecule has 3 rings (SSSR count). The minimum absolute atomic E-state index is 0.0684. The van der Waals surface area contributed by atoms with E-state index in [9.17, 15) is 13.2 Å². The van der Waals surface area contributed by atoms with Crippen LogP contribution in [0.3, 0.4) is 0 Å². The Hall–Kier alpha value is -1.86. The van der Waals surface area contributed by atoms with Crippen LogP contribution in [0, 0.1) is 0 Å². The second-order valence-corrected chi connectivity index (χ2v) is 7.17. The Morgan fingerprint density at radius 2 is 2.00 bits per heavy atom. The van der Waals surface area contributed by atoms with Gasteiger partial charge in [-0.15, -0.1) is 11.8 Å². The number of anilines is 1. The molecule has 0 N–H and O–H groups in total. The number of hydrogen-bond acceptors (Lipinski definition) is 5. The van der Waals surface area contributed by atoms with Gasteiger partial charge in [-0.3, -0.25) is 9.78 Å². The van der Waals surface area contributed by atoms with Crippen LogP contribution in [0.4, 0.5) is 5.69 Å². The van der Waals surface area contributed by atoms with E-state index in [1.165, 1.54) is 24.0 Å². The molecule has 0 saturated heterocycles. The second-order valence-electron chi connectivity index (χ2n) is 4.53. The molecular formula is C14H12N2O3S2. The molecule has 1 aliphatic rings. The number of hydrogen-bond donors (Lipinski definition) is 0. The lowest BCUT2D eigenvalue weighted by Gasteiger charge is -2.28. The summed E-state index contributed by atoms with van der Waals surface area (Å²) in [7, 11) is -3.88. The van der Waals surface area contributed by atoms with Crippen LogP contribution in [0.2, 0.25) is 0 Å². The first-order valence-electron chi connectivity index (χ1n) is 6.19. The molecule has 7 heteroatoms. The maximum absolute atomic E-state index is 12.7. The van der Waals surface area contributed by atoms with E-state index in [1.54, 1.807) is 30.5 Å². The van der Waals surface area contributed by atoms with E-state index in [1.807, 2.05) is 6.26 Å². The van der Waals surface area contributed by atoms with Gasteiger partial charge in [-0.05, 0) is 24.0 Å². The normalized spacial score (nSPS) is 16.6. The molecule has 2 heterocycles. The van der Waals surface area contributed by atoms with Crippen LogP contribution in [0.15, 0.2) is 52.5 Å². The predicted octanol–water partition coefficient (Wildman–Crippen LogP) is 2.08. The fraction of sp³-hybridized carbons (Fsp3) is 0.143. The van der Waals surface area contributed by atoms with Gasteiger partial charge in [0.05, 0.1) is 23.2 Å². The lowest BCUT2D eigenvalue weighted by molar-refractivity contribution is -0.117. The first kappa shape index (κ1) is 14.1. The summed E-state index contributed by atoms with van der Waals surface area (Å²) in [4.78, 5) is 17.3. The number of carbonyl (C=O) groups is 1. The van der Waals surface area contributed by atoms with Crippen molar-refractivity contribution in [3.63, 3.8) is 0 Å². The average molecular weight is 320 g/mol. The van der Waals surface area contributed by atoms with Gasteiger partial charge in [0.2, 0.25) is 5.91 Å². The summed E-state index contributed by atoms with van der Waals surface area (Å²) in [6.07, 6.45) is 4.95. The van der Waals surface area contributed by atoms with Gasteiger partial charge in [-0.2, -0.15) is 0 Å². The van der Waals surface area contributed by atoms with E-state index in [2.05, 4.69) is 4.98 Å². The predicted molar refractivity (Wildman–Crippen MR) is 80.8 cm³/mol. The fourth-order valence-corrected chi connectivity index (χ4v) is 4.32. The van der Waals surface area contributed by atoms with Crippen molar-refractivity contribution in [2.75, 3.05) is 10.6 Å². The number of aromatic nitrogens is 1. The van der Waals surface area contributed by atoms with Crippen molar-refractivity contribution < 1.29 is 13.2 Å². The summed E-state index contributed by atoms with van der Waals surface area (Å²) in [6.45, 7) is 0. The molecule has 0 saturated carbocycles. The van der Waals surface area contributed by atoms with Crippen LogP contribution in [0.25, 0.3) is 0 Å². The topological polar surface area (TPSA) is 67.3 Å². The Morgan fingerprint density at radius 3 is 2.76 bits per heavy atom. The molecule has 0 unspecified atom stereocenters. The number of thioether (sulfide) groups is 1. The van der Waals surface area contributed by atoms with Crippen molar-refractivity contribution in [1.82, 2.24) is 4.98 Å². The SMILES string of the molecule is CSc1cncc(N2C(=O)Cc3ccccc3S2(=O)=O)c1. The lowest BCUT2D eigenvalue weighted by Crippen LogP contribution is -2.42. The largest absolute Gasteiger partial charge is 0.273 e. The van der Waals surface area contributed by atoms with Gasteiger partial charge in [-0.1, -0.05) is 18.2 Å². The van der Waals surface area contributed by atoms with Crippen LogP contribution >= 0.6 is 11.8 Å². The zero-order valence-electron chi connectivity index (χ0n) is 11.2. The first-order chi connectivity index (χ1) is 10.0. The van der Waals surface area contributed by atoms with Crippen molar-refractivity contribution in [2.24, 2.45) is 0 Å². The van der Waals surface area contributed by atoms with Crippen molar-refractivity contribution in [3.05, 3.63) is 48.3 Å². The van der Waals surface area contributed by atoms with Gasteiger partial charge in [0.1, 0.15) is 0 Å². The van der Waals surface area contributed by atoms with Gasteiger partial charge < -0.3 is 0 Å². The number of rotatable bonds is 2. The maximum Gasteiger partial charge on any atom is 0.271 e. The Kier molecular flexibility index (Phi) is 3.46. The molecule has 2 aromatic rings. The highest BCUT2D eigenvalue weighted by molar-refractivity contribution is 7.98. The number of carbonyl (C=O) groups excluding carboxylic acids is 1. The van der Waals surface area contributed by atoms with E-state index >= 15 is 0 Å². The standard InChI is InChI=1S/C14H12N2O3S2/c1-20-12-7-11(8-15-9-12)16-14(17)6-10-4-2-3-5-13(10)21(16,18)19/h2-5,7-9H,6H2,1H3. The average Bonchev–Trinajstić information content (AvgIpc) is 2.47. The van der Waals surface area contributed by atoms with E-state index < -0.39 is 15.9 Å². The highest BCUT2D eigenvalue weighted by atomic mass is 32.2. The van der Waals surface area contributed by atoms with Crippen molar-refractivity contribution >= 4 is 33.4 Å². The number of amides is 1. The third kappa shape index (κ3) is 2.32. The molecule has 1 aromatic carbocycles. The Morgan fingerprint density at radius 1 is 1.24 bits per heavy atom. The van der Waals surface area contributed by atoms with Crippen molar-refractivity contribution in [1.29, 1.82) is 0 Å². The molecule has 1 aromatic heterocycles. The van der Waals surface area contributed by atoms with Crippen LogP contribution < -0.4 is 4.31 Å². The third-order valence-corrected chi connectivity index (χ3v) is 5.77. The minimum Gasteiger partial charge on any atom is -0.273 e. The smallest absolute Gasteiger partial charge is 0.271 e. The van der Waals surface area contributed by atoms with Gasteiger partial charge in [0, 0.05) is 11.1 Å². The summed E-state index contributed by atoms with van der Waals surface area (Å²) in [5, 5.41) is 0. The second kappa shape index (κ2) is 5.16. The molecule has 0 bridgehead atoms. The summed E-state index contributed by atoms with van der Waals surface area (Å²) >= 11 is 1.44. The molecule has 1 amide bonds. The Balaban J connectivity index is 2.17. The van der Waals surface area contributed by atoms with Crippen molar-refractivity contribution in [2.45, 2.75) is 16.2 Å². The highest BCUT2D eigenvalue weighted by Crippen LogP contribution is 2.32. The Bertz CT molecular complexity index is 818. The summed E-state index contributed by atoms with van der Waals surface area (Å²) in [5.74, 6) is -0.464. The fourth-order valence-electron chi connectivity index (χ4n) is 2.28. The van der Waals surface area contributed by atoms with Gasteiger partial charge in [-0.25, -0.2) is 12.7 Å². The Labute approximate surface area is 127 Å². The monoisotopic (exact) mass is 320 g/mol. The molecule has 0 aliphatic carbocycles. The highest BCUT2D eigenvalue weighted by Gasteiger charge is 2.37. The van der Waals surface area contributed by atoms with Gasteiger partial charge in [0.15, 0.2) is 0 Å². The molecule has 0 spiro atoms. The van der Waals surface area contributed by atoms with E-state index in [0.717, 1.165) is 9.20 Å². The van der Waals surface area contributed by atoms with Crippen LogP contribution in [-0.4, -0.2) is 25.6 Å². The zero-order chi connectivity index (χ0) is 15.0. The zero-order valence-corrected chi connectivity index (χ0v) is 12.8. The van der Waals surface area contributed by atoms with Gasteiger partial charge >= 0.3 is 0 Å². The summed E-state index contributed by atoms with van der Waals surface area (Å²) < 4.78 is 26.2. The minimum atomic E-state index is -3.88. The number of nitrogens with zero attached hydrogens (tertiary/aromatic N) is 2. The van der Waals surface area contributed by atoms with Crippen LogP contribution in [0.5, 0.6) is 0 Å². The lowest BCUT2D eigenvalue weighted by atomic mass is 10.1. The molecular weight excluding hydrogens is 308 g/mol. The molecule has 5 nitrogen and oxygen atoms in total. The molecule has 108 valence electrons. The summed E-state index contributed by atoms with van der Waals surface area (Å²) in [5.41, 5.74) is 0.814. The molecule has 0 atom stereocenters. The quantitative estimate of drug-likeness (QED) is 0.793. The van der Waals surface area contributed by atoms with E-state index in [4.69, 9.17) is 0 Å². The van der Waals surface area contributed by atoms with Crippen molar-refractivity contribution in [3.8, 4) is 0 Å². The molecule has 1 aliphatic heterocycles. The molecule has 0 fully saturated rings.